The van der Waals surface area contributed by atoms with Crippen LogP contribution in [0.1, 0.15) is 30.3 Å². The van der Waals surface area contributed by atoms with Crippen molar-refractivity contribution in [2.75, 3.05) is 20.2 Å². The van der Waals surface area contributed by atoms with Gasteiger partial charge in [0.2, 0.25) is 11.7 Å². The minimum absolute atomic E-state index is 0.143. The van der Waals surface area contributed by atoms with Crippen molar-refractivity contribution in [2.45, 2.75) is 19.8 Å². The van der Waals surface area contributed by atoms with Gasteiger partial charge in [-0.2, -0.15) is 5.10 Å². The van der Waals surface area contributed by atoms with Crippen LogP contribution < -0.4 is 4.74 Å². The van der Waals surface area contributed by atoms with Crippen LogP contribution in [0.5, 0.6) is 5.88 Å². The van der Waals surface area contributed by atoms with E-state index in [0.29, 0.717) is 22.9 Å². The molecule has 0 aromatic carbocycles. The third kappa shape index (κ3) is 2.81. The summed E-state index contributed by atoms with van der Waals surface area (Å²) in [5, 5.41) is 7.60. The fourth-order valence-corrected chi connectivity index (χ4v) is 2.88. The predicted molar refractivity (Wildman–Crippen MR) is 83.9 cm³/mol. The number of fused-ring (bicyclic) bond motifs is 1. The van der Waals surface area contributed by atoms with E-state index in [1.165, 1.54) is 20.0 Å². The van der Waals surface area contributed by atoms with Crippen LogP contribution in [0.4, 0.5) is 0 Å². The lowest BCUT2D eigenvalue weighted by atomic mass is 10.0. The van der Waals surface area contributed by atoms with Crippen LogP contribution in [-0.2, 0) is 0 Å². The molecule has 1 fully saturated rings. The van der Waals surface area contributed by atoms with E-state index in [4.69, 9.17) is 4.74 Å². The molecule has 6 heteroatoms. The summed E-state index contributed by atoms with van der Waals surface area (Å²) in [6.45, 7) is 4.23. The number of rotatable bonds is 4. The molecule has 0 amide bonds. The smallest absolute Gasteiger partial charge is 0.225 e. The fourth-order valence-electron chi connectivity index (χ4n) is 2.88. The molecule has 3 rings (SSSR count). The molecule has 116 valence electrons. The van der Waals surface area contributed by atoms with Gasteiger partial charge in [0, 0.05) is 31.6 Å². The molecule has 1 saturated heterocycles. The van der Waals surface area contributed by atoms with Crippen LogP contribution in [-0.4, -0.2) is 46.1 Å². The number of ether oxygens (including phenoxy) is 1. The Morgan fingerprint density at radius 2 is 2.41 bits per heavy atom. The van der Waals surface area contributed by atoms with Gasteiger partial charge >= 0.3 is 0 Å². The fraction of sp³-hybridized carbons (Fsp3) is 0.438. The first-order chi connectivity index (χ1) is 10.7. The Bertz CT molecular complexity index is 707. The Balaban J connectivity index is 1.83. The number of nitrogens with zero attached hydrogens (tertiary/aromatic N) is 3. The van der Waals surface area contributed by atoms with Gasteiger partial charge in [0.1, 0.15) is 5.69 Å². The number of likely N-dealkylation sites (tertiary alicyclic amines) is 1. The third-order valence-corrected chi connectivity index (χ3v) is 3.99. The Morgan fingerprint density at radius 3 is 3.18 bits per heavy atom. The van der Waals surface area contributed by atoms with E-state index in [2.05, 4.69) is 27.0 Å². The number of methoxy groups -OCH3 is 1. The maximum atomic E-state index is 12.4. The number of ketones is 1. The average molecular weight is 300 g/mol. The highest BCUT2D eigenvalue weighted by Gasteiger charge is 2.18. The Kier molecular flexibility index (Phi) is 4.09. The van der Waals surface area contributed by atoms with Crippen molar-refractivity contribution in [3.8, 4) is 5.88 Å². The van der Waals surface area contributed by atoms with Crippen LogP contribution in [0, 0.1) is 5.92 Å². The van der Waals surface area contributed by atoms with Crippen molar-refractivity contribution in [1.82, 2.24) is 20.1 Å². The zero-order chi connectivity index (χ0) is 15.5. The monoisotopic (exact) mass is 300 g/mol. The largest absolute Gasteiger partial charge is 0.480 e. The second-order valence-corrected chi connectivity index (χ2v) is 5.74. The van der Waals surface area contributed by atoms with Crippen molar-refractivity contribution >= 4 is 16.7 Å². The summed E-state index contributed by atoms with van der Waals surface area (Å²) in [6, 6.07) is 1.78. The molecule has 1 aliphatic heterocycles. The molecule has 0 bridgehead atoms. The molecule has 1 aliphatic rings. The molecule has 2 aromatic heterocycles. The van der Waals surface area contributed by atoms with Gasteiger partial charge in [-0.15, -0.1) is 0 Å². The summed E-state index contributed by atoms with van der Waals surface area (Å²) in [6.07, 6.45) is 7.51. The van der Waals surface area contributed by atoms with E-state index in [1.54, 1.807) is 18.3 Å². The number of nitrogens with one attached hydrogen (secondary N) is 1. The second-order valence-electron chi connectivity index (χ2n) is 5.74. The maximum Gasteiger partial charge on any atom is 0.225 e. The zero-order valence-electron chi connectivity index (χ0n) is 12.9. The Hall–Kier alpha value is -2.37. The summed E-state index contributed by atoms with van der Waals surface area (Å²) < 4.78 is 5.23. The highest BCUT2D eigenvalue weighted by atomic mass is 16.5. The number of hydrogen-bond acceptors (Lipinski definition) is 5. The summed E-state index contributed by atoms with van der Waals surface area (Å²) in [5.41, 5.74) is 1.09. The summed E-state index contributed by atoms with van der Waals surface area (Å²) in [5.74, 6) is 0.939. The molecule has 3 heterocycles. The minimum Gasteiger partial charge on any atom is -0.480 e. The first-order valence-electron chi connectivity index (χ1n) is 7.52. The minimum atomic E-state index is -0.143. The Labute approximate surface area is 129 Å². The van der Waals surface area contributed by atoms with E-state index in [0.717, 1.165) is 18.6 Å². The van der Waals surface area contributed by atoms with Gasteiger partial charge in [-0.1, -0.05) is 6.92 Å². The molecule has 1 N–H and O–H groups in total. The number of hydrogen-bond donors (Lipinski definition) is 1. The maximum absolute atomic E-state index is 12.4. The van der Waals surface area contributed by atoms with Crippen molar-refractivity contribution in [3.63, 3.8) is 0 Å². The lowest BCUT2D eigenvalue weighted by Gasteiger charge is -2.29. The lowest BCUT2D eigenvalue weighted by molar-refractivity contribution is 0.104. The number of aromatic amines is 1. The van der Waals surface area contributed by atoms with Crippen LogP contribution >= 0.6 is 0 Å². The van der Waals surface area contributed by atoms with Crippen LogP contribution in [0.15, 0.2) is 24.5 Å². The highest BCUT2D eigenvalue weighted by molar-refractivity contribution is 6.12. The zero-order valence-corrected chi connectivity index (χ0v) is 12.9. The molecular formula is C16H20N4O2. The van der Waals surface area contributed by atoms with Crippen LogP contribution in [0.2, 0.25) is 0 Å². The highest BCUT2D eigenvalue weighted by Crippen LogP contribution is 2.25. The number of pyridine rings is 1. The quantitative estimate of drug-likeness (QED) is 0.693. The molecule has 0 unspecified atom stereocenters. The van der Waals surface area contributed by atoms with Gasteiger partial charge < -0.3 is 9.64 Å². The van der Waals surface area contributed by atoms with Gasteiger partial charge in [-0.05, 0) is 24.8 Å². The molecule has 0 spiro atoms. The second kappa shape index (κ2) is 6.17. The van der Waals surface area contributed by atoms with Crippen molar-refractivity contribution in [2.24, 2.45) is 5.92 Å². The standard InChI is InChI=1S/C16H20N4O2/c1-11-4-3-8-20(10-11)9-6-13(21)15-14-12(18-19-15)5-7-17-16(14)22-2/h5-7,9,11H,3-4,8,10H2,1-2H3,(H,18,19)/b9-6+/t11-/m1/s1. The molecule has 0 saturated carbocycles. The summed E-state index contributed by atoms with van der Waals surface area (Å²) in [7, 11) is 1.54. The van der Waals surface area contributed by atoms with Gasteiger partial charge in [-0.25, -0.2) is 4.98 Å². The van der Waals surface area contributed by atoms with Crippen molar-refractivity contribution in [3.05, 3.63) is 30.2 Å². The number of allylic oxidation sites excluding steroid dienone is 1. The van der Waals surface area contributed by atoms with Gasteiger partial charge in [-0.3, -0.25) is 9.89 Å². The molecule has 2 aromatic rings. The molecule has 1 atom stereocenters. The number of H-pyrrole nitrogens is 1. The number of carbonyl (C=O) groups excluding carboxylic acids is 1. The SMILES string of the molecule is COc1nccc2[nH]nc(C(=O)/C=C/N3CCC[C@@H](C)C3)c12. The third-order valence-electron chi connectivity index (χ3n) is 3.99. The summed E-state index contributed by atoms with van der Waals surface area (Å²) in [4.78, 5) is 18.8. The predicted octanol–water partition coefficient (Wildman–Crippen LogP) is 2.39. The molecular weight excluding hydrogens is 280 g/mol. The van der Waals surface area contributed by atoms with Crippen LogP contribution in [0.3, 0.4) is 0 Å². The number of piperidine rings is 1. The average Bonchev–Trinajstić information content (AvgIpc) is 2.97. The van der Waals surface area contributed by atoms with E-state index in [-0.39, 0.29) is 5.78 Å². The van der Waals surface area contributed by atoms with Crippen LogP contribution in [0.25, 0.3) is 10.9 Å². The van der Waals surface area contributed by atoms with Crippen molar-refractivity contribution in [1.29, 1.82) is 0 Å². The van der Waals surface area contributed by atoms with Gasteiger partial charge in [0.05, 0.1) is 18.0 Å². The number of carbonyl (C=O) groups is 1. The lowest BCUT2D eigenvalue weighted by Crippen LogP contribution is -2.30. The molecule has 0 aliphatic carbocycles. The first-order valence-corrected chi connectivity index (χ1v) is 7.52. The number of aromatic nitrogens is 3. The van der Waals surface area contributed by atoms with E-state index in [9.17, 15) is 4.79 Å². The topological polar surface area (TPSA) is 71.1 Å². The normalized spacial score (nSPS) is 19.0. The molecule has 6 nitrogen and oxygen atoms in total. The summed E-state index contributed by atoms with van der Waals surface area (Å²) >= 11 is 0. The van der Waals surface area contributed by atoms with E-state index < -0.39 is 0 Å². The van der Waals surface area contributed by atoms with Gasteiger partial charge in [0.15, 0.2) is 0 Å². The van der Waals surface area contributed by atoms with Gasteiger partial charge in [0.25, 0.3) is 0 Å². The van der Waals surface area contributed by atoms with Crippen molar-refractivity contribution < 1.29 is 9.53 Å². The molecule has 0 radical (unpaired) electrons. The Morgan fingerprint density at radius 1 is 1.55 bits per heavy atom. The van der Waals surface area contributed by atoms with E-state index in [1.807, 2.05) is 6.20 Å². The molecule has 22 heavy (non-hydrogen) atoms. The first kappa shape index (κ1) is 14.6. The van der Waals surface area contributed by atoms with E-state index >= 15 is 0 Å².